The van der Waals surface area contributed by atoms with E-state index in [1.165, 1.54) is 238 Å². The largest absolute Gasteiger partial charge is 0.756 e. The number of carbonyl (C=O) groups is 2. The van der Waals surface area contributed by atoms with E-state index in [4.69, 9.17) is 18.5 Å². The number of ether oxygens (including phenoxy) is 2. The van der Waals surface area contributed by atoms with Gasteiger partial charge in [-0.3, -0.25) is 14.2 Å². The minimum atomic E-state index is -4.63. The zero-order chi connectivity index (χ0) is 51.3. The maximum Gasteiger partial charge on any atom is 0.306 e. The number of likely N-dealkylation sites (N-methyl/N-ethyl adjacent to an activating group) is 1. The zero-order valence-electron chi connectivity index (χ0n) is 47.2. The van der Waals surface area contributed by atoms with Crippen LogP contribution in [0, 0.1) is 0 Å². The molecule has 0 amide bonds. The van der Waals surface area contributed by atoms with Crippen LogP contribution < -0.4 is 4.89 Å². The second-order valence-electron chi connectivity index (χ2n) is 22.1. The van der Waals surface area contributed by atoms with E-state index < -0.39 is 26.5 Å². The van der Waals surface area contributed by atoms with Crippen LogP contribution in [-0.2, 0) is 32.7 Å². The summed E-state index contributed by atoms with van der Waals surface area (Å²) in [5.41, 5.74) is 0. The maximum absolute atomic E-state index is 12.8. The first kappa shape index (κ1) is 68.8. The molecule has 0 N–H and O–H groups in total. The fourth-order valence-electron chi connectivity index (χ4n) is 9.07. The molecule has 0 heterocycles. The highest BCUT2D eigenvalue weighted by atomic mass is 31.2. The lowest BCUT2D eigenvalue weighted by molar-refractivity contribution is -0.870. The van der Waals surface area contributed by atoms with Crippen molar-refractivity contribution in [3.05, 3.63) is 12.2 Å². The Morgan fingerprint density at radius 1 is 0.429 bits per heavy atom. The molecule has 0 spiro atoms. The molecular weight excluding hydrogens is 894 g/mol. The van der Waals surface area contributed by atoms with Gasteiger partial charge in [0.25, 0.3) is 7.82 Å². The molecule has 0 aliphatic rings. The van der Waals surface area contributed by atoms with E-state index in [2.05, 4.69) is 26.0 Å². The minimum absolute atomic E-state index is 0.0274. The van der Waals surface area contributed by atoms with Crippen molar-refractivity contribution in [2.45, 2.75) is 315 Å². The molecule has 0 rings (SSSR count). The van der Waals surface area contributed by atoms with Crippen molar-refractivity contribution in [1.29, 1.82) is 0 Å². The van der Waals surface area contributed by atoms with Crippen LogP contribution in [0.3, 0.4) is 0 Å². The van der Waals surface area contributed by atoms with Crippen molar-refractivity contribution >= 4 is 19.8 Å². The number of phosphoric ester groups is 1. The van der Waals surface area contributed by atoms with Crippen molar-refractivity contribution in [1.82, 2.24) is 0 Å². The van der Waals surface area contributed by atoms with E-state index in [1.807, 2.05) is 21.1 Å². The number of quaternary nitrogens is 1. The molecule has 0 aliphatic heterocycles. The molecule has 0 fully saturated rings. The Labute approximate surface area is 435 Å². The summed E-state index contributed by atoms with van der Waals surface area (Å²) in [6.07, 6.45) is 61.2. The number of hydrogen-bond donors (Lipinski definition) is 0. The smallest absolute Gasteiger partial charge is 0.306 e. The normalized spacial score (nSPS) is 13.3. The van der Waals surface area contributed by atoms with E-state index in [0.29, 0.717) is 17.4 Å². The Morgan fingerprint density at radius 3 is 1.06 bits per heavy atom. The van der Waals surface area contributed by atoms with Gasteiger partial charge in [-0.05, 0) is 38.5 Å². The Bertz CT molecular complexity index is 1190. The summed E-state index contributed by atoms with van der Waals surface area (Å²) in [6, 6.07) is 0. The van der Waals surface area contributed by atoms with Crippen LogP contribution in [-0.4, -0.2) is 70.0 Å². The van der Waals surface area contributed by atoms with Crippen molar-refractivity contribution in [3.63, 3.8) is 0 Å². The lowest BCUT2D eigenvalue weighted by Gasteiger charge is -2.28. The van der Waals surface area contributed by atoms with E-state index in [-0.39, 0.29) is 32.0 Å². The molecular formula is C60H118NO8P. The van der Waals surface area contributed by atoms with Gasteiger partial charge in [0.1, 0.15) is 19.8 Å². The lowest BCUT2D eigenvalue weighted by atomic mass is 10.0. The summed E-state index contributed by atoms with van der Waals surface area (Å²) >= 11 is 0. The molecule has 0 saturated heterocycles. The quantitative estimate of drug-likeness (QED) is 0.0195. The van der Waals surface area contributed by atoms with Crippen molar-refractivity contribution in [2.75, 3.05) is 47.5 Å². The molecule has 416 valence electrons. The van der Waals surface area contributed by atoms with Gasteiger partial charge in [0.2, 0.25) is 0 Å². The fraction of sp³-hybridized carbons (Fsp3) is 0.933. The summed E-state index contributed by atoms with van der Waals surface area (Å²) in [4.78, 5) is 37.9. The number of rotatable bonds is 57. The van der Waals surface area contributed by atoms with Gasteiger partial charge >= 0.3 is 11.9 Å². The lowest BCUT2D eigenvalue weighted by Crippen LogP contribution is -2.37. The van der Waals surface area contributed by atoms with Gasteiger partial charge in [-0.15, -0.1) is 0 Å². The number of carbonyl (C=O) groups excluding carboxylic acids is 2. The highest BCUT2D eigenvalue weighted by molar-refractivity contribution is 7.45. The number of phosphoric acid groups is 1. The van der Waals surface area contributed by atoms with Crippen molar-refractivity contribution in [2.24, 2.45) is 0 Å². The summed E-state index contributed by atoms with van der Waals surface area (Å²) < 4.78 is 34.2. The molecule has 0 bridgehead atoms. The van der Waals surface area contributed by atoms with Gasteiger partial charge in [-0.2, -0.15) is 0 Å². The van der Waals surface area contributed by atoms with E-state index >= 15 is 0 Å². The Morgan fingerprint density at radius 2 is 0.729 bits per heavy atom. The Hall–Kier alpha value is -1.25. The highest BCUT2D eigenvalue weighted by Gasteiger charge is 2.22. The second-order valence-corrected chi connectivity index (χ2v) is 23.5. The fourth-order valence-corrected chi connectivity index (χ4v) is 9.80. The first-order chi connectivity index (χ1) is 34.0. The first-order valence-corrected chi connectivity index (χ1v) is 31.9. The molecule has 70 heavy (non-hydrogen) atoms. The van der Waals surface area contributed by atoms with Gasteiger partial charge in [-0.25, -0.2) is 0 Å². The van der Waals surface area contributed by atoms with Gasteiger partial charge < -0.3 is 27.9 Å². The second kappa shape index (κ2) is 52.6. The first-order valence-electron chi connectivity index (χ1n) is 30.4. The molecule has 0 radical (unpaired) electrons. The molecule has 0 aliphatic carbocycles. The third kappa shape index (κ3) is 56.1. The molecule has 0 aromatic rings. The topological polar surface area (TPSA) is 111 Å². The van der Waals surface area contributed by atoms with E-state index in [9.17, 15) is 19.0 Å². The summed E-state index contributed by atoms with van der Waals surface area (Å²) in [7, 11) is 1.18. The predicted octanol–water partition coefficient (Wildman–Crippen LogP) is 18.2. The number of esters is 2. The monoisotopic (exact) mass is 1010 g/mol. The third-order valence-electron chi connectivity index (χ3n) is 13.8. The van der Waals surface area contributed by atoms with Crippen LogP contribution in [0.25, 0.3) is 0 Å². The van der Waals surface area contributed by atoms with Gasteiger partial charge in [-0.1, -0.05) is 270 Å². The molecule has 2 unspecified atom stereocenters. The summed E-state index contributed by atoms with van der Waals surface area (Å²) in [5, 5.41) is 0. The van der Waals surface area contributed by atoms with Crippen LogP contribution in [0.1, 0.15) is 309 Å². The Kier molecular flexibility index (Phi) is 51.7. The molecule has 10 heteroatoms. The Balaban J connectivity index is 4.06. The van der Waals surface area contributed by atoms with Crippen molar-refractivity contribution in [3.8, 4) is 0 Å². The van der Waals surface area contributed by atoms with Gasteiger partial charge in [0.05, 0.1) is 27.7 Å². The van der Waals surface area contributed by atoms with Gasteiger partial charge in [0, 0.05) is 12.8 Å². The third-order valence-corrected chi connectivity index (χ3v) is 14.7. The number of nitrogens with zero attached hydrogens (tertiary/aromatic N) is 1. The molecule has 0 aromatic carbocycles. The predicted molar refractivity (Wildman–Crippen MR) is 296 cm³/mol. The number of hydrogen-bond acceptors (Lipinski definition) is 8. The van der Waals surface area contributed by atoms with Crippen LogP contribution in [0.15, 0.2) is 12.2 Å². The average Bonchev–Trinajstić information content (AvgIpc) is 3.32. The van der Waals surface area contributed by atoms with Crippen molar-refractivity contribution < 1.29 is 42.1 Å². The van der Waals surface area contributed by atoms with Crippen LogP contribution in [0.5, 0.6) is 0 Å². The van der Waals surface area contributed by atoms with Gasteiger partial charge in [0.15, 0.2) is 6.10 Å². The zero-order valence-corrected chi connectivity index (χ0v) is 48.1. The van der Waals surface area contributed by atoms with E-state index in [0.717, 1.165) is 38.5 Å². The molecule has 0 saturated carbocycles. The van der Waals surface area contributed by atoms with Crippen LogP contribution in [0.4, 0.5) is 0 Å². The maximum atomic E-state index is 12.8. The highest BCUT2D eigenvalue weighted by Crippen LogP contribution is 2.38. The molecule has 0 aromatic heterocycles. The number of unbranched alkanes of at least 4 members (excludes halogenated alkanes) is 41. The van der Waals surface area contributed by atoms with E-state index in [1.54, 1.807) is 0 Å². The van der Waals surface area contributed by atoms with Crippen LogP contribution in [0.2, 0.25) is 0 Å². The molecule has 9 nitrogen and oxygen atoms in total. The summed E-state index contributed by atoms with van der Waals surface area (Å²) in [6.45, 7) is 4.30. The molecule has 2 atom stereocenters. The van der Waals surface area contributed by atoms with Crippen LogP contribution >= 0.6 is 7.82 Å². The number of allylic oxidation sites excluding steroid dienone is 2. The average molecular weight is 1010 g/mol. The minimum Gasteiger partial charge on any atom is -0.756 e. The summed E-state index contributed by atoms with van der Waals surface area (Å²) in [5.74, 6) is -0.816. The SMILES string of the molecule is CCCCCCCC/C=C\CCCCCCCCCCCC(=O)OC(COC(=O)CCCCCCCCCCCCCCCCCCCCCCCCCCCCC)COP(=O)([O-])OCC[N+](C)(C)C. The standard InChI is InChI=1S/C60H118NO8P/c1-6-8-10-12-14-16-18-20-22-24-26-27-28-29-30-31-32-33-35-36-38-40-42-44-46-48-50-52-59(62)66-56-58(57-68-70(64,65)67-55-54-61(3,4)5)69-60(63)53-51-49-47-45-43-41-39-37-34-25-23-21-19-17-15-13-11-9-7-2/h21,23,58H,6-20,22,24-57H2,1-5H3/b23-21-.